The molecule has 1 aliphatic heterocycles. The number of sulfonamides is 1. The smallest absolute Gasteiger partial charge is 0.323 e. The van der Waals surface area contributed by atoms with Gasteiger partial charge >= 0.3 is 5.69 Å². The predicted octanol–water partition coefficient (Wildman–Crippen LogP) is 1.35. The minimum atomic E-state index is -3.69. The molecule has 4 rings (SSSR count). The number of rotatable bonds is 3. The van der Waals surface area contributed by atoms with Gasteiger partial charge in [-0.2, -0.15) is 13.9 Å². The van der Waals surface area contributed by atoms with Crippen molar-refractivity contribution in [1.29, 1.82) is 5.26 Å². The average molecular weight is 425 g/mol. The maximum atomic E-state index is 12.9. The fourth-order valence-corrected chi connectivity index (χ4v) is 5.56. The quantitative estimate of drug-likeness (QED) is 0.653. The van der Waals surface area contributed by atoms with E-state index in [0.29, 0.717) is 34.7 Å². The highest BCUT2D eigenvalue weighted by Crippen LogP contribution is 2.32. The van der Waals surface area contributed by atoms with Crippen LogP contribution in [0.25, 0.3) is 11.0 Å². The molecule has 0 bridgehead atoms. The van der Waals surface area contributed by atoms with E-state index in [1.165, 1.54) is 16.4 Å². The molecule has 0 spiro atoms. The predicted molar refractivity (Wildman–Crippen MR) is 102 cm³/mol. The van der Waals surface area contributed by atoms with Crippen LogP contribution in [0, 0.1) is 11.3 Å². The van der Waals surface area contributed by atoms with Crippen LogP contribution in [0.3, 0.4) is 0 Å². The molecule has 0 atom stereocenters. The molecule has 140 valence electrons. The van der Waals surface area contributed by atoms with E-state index in [9.17, 15) is 18.5 Å². The molecule has 1 aliphatic rings. The number of benzene rings is 1. The fraction of sp³-hybridized carbons (Fsp3) is 0.267. The van der Waals surface area contributed by atoms with Crippen molar-refractivity contribution in [2.45, 2.75) is 4.90 Å². The molecule has 3 heterocycles. The highest BCUT2D eigenvalue weighted by molar-refractivity contribution is 7.89. The minimum Gasteiger partial charge on any atom is -0.358 e. The molecule has 0 amide bonds. The molecule has 2 aromatic heterocycles. The van der Waals surface area contributed by atoms with E-state index < -0.39 is 10.0 Å². The number of hydrogen-bond acceptors (Lipinski definition) is 7. The second-order valence-electron chi connectivity index (χ2n) is 5.94. The summed E-state index contributed by atoms with van der Waals surface area (Å²) in [5.41, 5.74) is 0.928. The molecule has 1 aromatic carbocycles. The largest absolute Gasteiger partial charge is 0.358 e. The lowest BCUT2D eigenvalue weighted by Gasteiger charge is -2.34. The number of aromatic amines is 2. The number of nitrogens with one attached hydrogen (secondary N) is 2. The van der Waals surface area contributed by atoms with Crippen LogP contribution in [-0.2, 0) is 10.0 Å². The number of hydrogen-bond donors (Lipinski definition) is 2. The summed E-state index contributed by atoms with van der Waals surface area (Å²) < 4.78 is 31.2. The highest BCUT2D eigenvalue weighted by Gasteiger charge is 2.30. The molecule has 1 saturated heterocycles. The molecule has 9 nitrogen and oxygen atoms in total. The van der Waals surface area contributed by atoms with E-state index in [4.69, 9.17) is 11.6 Å². The number of aromatic nitrogens is 3. The summed E-state index contributed by atoms with van der Waals surface area (Å²) in [6.07, 6.45) is 0. The summed E-state index contributed by atoms with van der Waals surface area (Å²) >= 11 is 7.04. The molecule has 27 heavy (non-hydrogen) atoms. The van der Waals surface area contributed by atoms with Crippen molar-refractivity contribution in [2.75, 3.05) is 31.1 Å². The lowest BCUT2D eigenvalue weighted by molar-refractivity contribution is 0.385. The SMILES string of the molecule is N#Cc1c(Cl)nsc1N1CCN(S(=O)(=O)c2ccc3[nH]c(=O)[nH]c3c2)CC1. The number of H-pyrrole nitrogens is 2. The summed E-state index contributed by atoms with van der Waals surface area (Å²) in [5.74, 6) is 0. The number of nitriles is 1. The van der Waals surface area contributed by atoms with Crippen LogP contribution in [0.15, 0.2) is 27.9 Å². The highest BCUT2D eigenvalue weighted by atomic mass is 35.5. The zero-order valence-corrected chi connectivity index (χ0v) is 16.2. The Kier molecular flexibility index (Phi) is 4.43. The molecule has 3 aromatic rings. The molecular weight excluding hydrogens is 412 g/mol. The van der Waals surface area contributed by atoms with Crippen molar-refractivity contribution < 1.29 is 8.42 Å². The zero-order chi connectivity index (χ0) is 19.2. The Morgan fingerprint density at radius 2 is 1.89 bits per heavy atom. The first-order valence-corrected chi connectivity index (χ1v) is 10.5. The van der Waals surface area contributed by atoms with Crippen LogP contribution in [0.2, 0.25) is 5.15 Å². The Morgan fingerprint density at radius 1 is 1.19 bits per heavy atom. The fourth-order valence-electron chi connectivity index (χ4n) is 3.03. The second kappa shape index (κ2) is 6.65. The second-order valence-corrected chi connectivity index (χ2v) is 8.99. The molecule has 0 aliphatic carbocycles. The Morgan fingerprint density at radius 3 is 2.59 bits per heavy atom. The van der Waals surface area contributed by atoms with Gasteiger partial charge in [0.15, 0.2) is 5.15 Å². The van der Waals surface area contributed by atoms with E-state index in [2.05, 4.69) is 14.3 Å². The third kappa shape index (κ3) is 3.10. The van der Waals surface area contributed by atoms with Crippen molar-refractivity contribution in [3.63, 3.8) is 0 Å². The first-order chi connectivity index (χ1) is 12.9. The van der Waals surface area contributed by atoms with Gasteiger partial charge in [-0.15, -0.1) is 0 Å². The van der Waals surface area contributed by atoms with Gasteiger partial charge in [0.25, 0.3) is 0 Å². The maximum Gasteiger partial charge on any atom is 0.323 e. The molecule has 0 unspecified atom stereocenters. The summed E-state index contributed by atoms with van der Waals surface area (Å²) in [7, 11) is -3.69. The monoisotopic (exact) mass is 424 g/mol. The van der Waals surface area contributed by atoms with Gasteiger partial charge in [0.2, 0.25) is 10.0 Å². The Bertz CT molecular complexity index is 1210. The topological polar surface area (TPSA) is 126 Å². The average Bonchev–Trinajstić information content (AvgIpc) is 3.22. The Balaban J connectivity index is 1.55. The van der Waals surface area contributed by atoms with E-state index in [-0.39, 0.29) is 28.8 Å². The summed E-state index contributed by atoms with van der Waals surface area (Å²) in [6.45, 7) is 1.39. The number of imidazole rings is 1. The van der Waals surface area contributed by atoms with Gasteiger partial charge in [0.1, 0.15) is 16.6 Å². The normalized spacial score (nSPS) is 15.9. The number of nitrogens with zero attached hydrogens (tertiary/aromatic N) is 4. The number of piperazine rings is 1. The third-order valence-corrected chi connectivity index (χ3v) is 7.57. The van der Waals surface area contributed by atoms with Crippen molar-refractivity contribution >= 4 is 49.2 Å². The first kappa shape index (κ1) is 18.0. The van der Waals surface area contributed by atoms with Crippen molar-refractivity contribution in [3.05, 3.63) is 39.4 Å². The van der Waals surface area contributed by atoms with Crippen LogP contribution in [-0.4, -0.2) is 53.2 Å². The molecular formula is C15H13ClN6O3S2. The van der Waals surface area contributed by atoms with E-state index in [1.807, 2.05) is 11.0 Å². The number of fused-ring (bicyclic) bond motifs is 1. The van der Waals surface area contributed by atoms with Crippen LogP contribution < -0.4 is 10.6 Å². The Labute approximate surface area is 163 Å². The van der Waals surface area contributed by atoms with Gasteiger partial charge in [-0.1, -0.05) is 11.6 Å². The van der Waals surface area contributed by atoms with Gasteiger partial charge in [0.05, 0.1) is 15.9 Å². The summed E-state index contributed by atoms with van der Waals surface area (Å²) in [6, 6.07) is 6.53. The van der Waals surface area contributed by atoms with Gasteiger partial charge < -0.3 is 14.9 Å². The number of anilines is 1. The lowest BCUT2D eigenvalue weighted by atomic mass is 10.3. The van der Waals surface area contributed by atoms with Crippen molar-refractivity contribution in [3.8, 4) is 6.07 Å². The van der Waals surface area contributed by atoms with Gasteiger partial charge in [-0.05, 0) is 29.7 Å². The first-order valence-electron chi connectivity index (χ1n) is 7.92. The lowest BCUT2D eigenvalue weighted by Crippen LogP contribution is -2.48. The van der Waals surface area contributed by atoms with Crippen LogP contribution >= 0.6 is 23.1 Å². The molecule has 1 fully saturated rings. The van der Waals surface area contributed by atoms with Crippen LogP contribution in [0.5, 0.6) is 0 Å². The molecule has 0 radical (unpaired) electrons. The zero-order valence-electron chi connectivity index (χ0n) is 13.8. The third-order valence-electron chi connectivity index (χ3n) is 4.40. The van der Waals surface area contributed by atoms with Crippen LogP contribution in [0.4, 0.5) is 5.00 Å². The van der Waals surface area contributed by atoms with Gasteiger partial charge in [0, 0.05) is 26.2 Å². The molecule has 12 heteroatoms. The van der Waals surface area contributed by atoms with Crippen molar-refractivity contribution in [2.24, 2.45) is 0 Å². The minimum absolute atomic E-state index is 0.122. The van der Waals surface area contributed by atoms with Gasteiger partial charge in [-0.25, -0.2) is 13.2 Å². The Hall–Kier alpha value is -2.39. The van der Waals surface area contributed by atoms with E-state index in [0.717, 1.165) is 11.5 Å². The van der Waals surface area contributed by atoms with E-state index >= 15 is 0 Å². The standard InChI is InChI=1S/C15H13ClN6O3S2/c16-13-10(8-17)14(26-20-13)21-3-5-22(6-4-21)27(24,25)9-1-2-11-12(7-9)19-15(23)18-11/h1-2,7H,3-6H2,(H2,18,19,23). The van der Waals surface area contributed by atoms with Crippen molar-refractivity contribution in [1.82, 2.24) is 18.6 Å². The molecule has 2 N–H and O–H groups in total. The summed E-state index contributed by atoms with van der Waals surface area (Å²) in [4.78, 5) is 18.6. The number of halogens is 1. The van der Waals surface area contributed by atoms with Gasteiger partial charge in [-0.3, -0.25) is 0 Å². The van der Waals surface area contributed by atoms with E-state index in [1.54, 1.807) is 6.07 Å². The van der Waals surface area contributed by atoms with Crippen LogP contribution in [0.1, 0.15) is 5.56 Å². The molecule has 0 saturated carbocycles. The summed E-state index contributed by atoms with van der Waals surface area (Å²) in [5, 5.41) is 10.0. The maximum absolute atomic E-state index is 12.9.